The summed E-state index contributed by atoms with van der Waals surface area (Å²) in [5.41, 5.74) is -0.502. The highest BCUT2D eigenvalue weighted by atomic mass is 16.6. The molecule has 0 aliphatic heterocycles. The Hall–Kier alpha value is -1.36. The van der Waals surface area contributed by atoms with Crippen LogP contribution in [-0.2, 0) is 19.1 Å². The summed E-state index contributed by atoms with van der Waals surface area (Å²) in [4.78, 5) is 22.5. The largest absolute Gasteiger partial charge is 0.461 e. The molecule has 0 radical (unpaired) electrons. The Morgan fingerprint density at radius 1 is 1.29 bits per heavy atom. The van der Waals surface area contributed by atoms with Crippen molar-refractivity contribution in [1.82, 2.24) is 0 Å². The summed E-state index contributed by atoms with van der Waals surface area (Å²) in [5, 5.41) is 8.51. The number of hydrogen-bond donors (Lipinski definition) is 1. The van der Waals surface area contributed by atoms with Gasteiger partial charge in [0.15, 0.2) is 0 Å². The average molecular weight is 244 g/mol. The molecule has 0 bridgehead atoms. The zero-order chi connectivity index (χ0) is 13.5. The van der Waals surface area contributed by atoms with E-state index in [1.54, 1.807) is 20.8 Å². The molecule has 5 nitrogen and oxygen atoms in total. The maximum atomic E-state index is 11.4. The Morgan fingerprint density at radius 3 is 2.35 bits per heavy atom. The van der Waals surface area contributed by atoms with Crippen molar-refractivity contribution in [2.75, 3.05) is 13.2 Å². The van der Waals surface area contributed by atoms with Gasteiger partial charge in [-0.2, -0.15) is 0 Å². The van der Waals surface area contributed by atoms with Crippen molar-refractivity contribution in [3.8, 4) is 0 Å². The van der Waals surface area contributed by atoms with Crippen LogP contribution in [0.15, 0.2) is 12.2 Å². The molecule has 0 saturated heterocycles. The molecular formula is C12H20O5. The van der Waals surface area contributed by atoms with E-state index in [1.807, 2.05) is 0 Å². The van der Waals surface area contributed by atoms with Gasteiger partial charge >= 0.3 is 11.9 Å². The van der Waals surface area contributed by atoms with E-state index < -0.39 is 17.5 Å². The molecule has 5 heteroatoms. The first-order valence-corrected chi connectivity index (χ1v) is 5.44. The number of carbonyl (C=O) groups is 2. The molecule has 0 heterocycles. The average Bonchev–Trinajstić information content (AvgIpc) is 2.20. The van der Waals surface area contributed by atoms with Gasteiger partial charge in [0.2, 0.25) is 0 Å². The summed E-state index contributed by atoms with van der Waals surface area (Å²) < 4.78 is 9.83. The molecule has 0 aromatic carbocycles. The molecule has 98 valence electrons. The van der Waals surface area contributed by atoms with Gasteiger partial charge in [0.1, 0.15) is 12.2 Å². The molecule has 0 aromatic rings. The molecule has 0 aliphatic carbocycles. The van der Waals surface area contributed by atoms with E-state index in [4.69, 9.17) is 14.6 Å². The molecule has 1 N–H and O–H groups in total. The van der Waals surface area contributed by atoms with Crippen molar-refractivity contribution in [1.29, 1.82) is 0 Å². The van der Waals surface area contributed by atoms with E-state index >= 15 is 0 Å². The number of esters is 2. The molecule has 0 aromatic heterocycles. The fraction of sp³-hybridized carbons (Fsp3) is 0.667. The van der Waals surface area contributed by atoms with Crippen molar-refractivity contribution in [3.05, 3.63) is 12.2 Å². The summed E-state index contributed by atoms with van der Waals surface area (Å²) in [6.07, 6.45) is 0.468. The van der Waals surface area contributed by atoms with Gasteiger partial charge < -0.3 is 14.6 Å². The minimum atomic E-state index is -0.596. The Morgan fingerprint density at radius 2 is 1.88 bits per heavy atom. The molecule has 0 saturated carbocycles. The van der Waals surface area contributed by atoms with Crippen LogP contribution in [0.3, 0.4) is 0 Å². The molecule has 0 unspecified atom stereocenters. The normalized spacial score (nSPS) is 10.8. The lowest BCUT2D eigenvalue weighted by atomic mass is 10.2. The van der Waals surface area contributed by atoms with E-state index in [2.05, 4.69) is 6.58 Å². The Balaban J connectivity index is 3.94. The monoisotopic (exact) mass is 244 g/mol. The second-order valence-electron chi connectivity index (χ2n) is 4.59. The highest BCUT2D eigenvalue weighted by Crippen LogP contribution is 2.10. The van der Waals surface area contributed by atoms with Crippen LogP contribution in [0.5, 0.6) is 0 Å². The van der Waals surface area contributed by atoms with Crippen LogP contribution in [0.4, 0.5) is 0 Å². The van der Waals surface area contributed by atoms with Gasteiger partial charge in [-0.15, -0.1) is 0 Å². The Bertz CT molecular complexity index is 288. The highest BCUT2D eigenvalue weighted by molar-refractivity contribution is 5.88. The van der Waals surface area contributed by atoms with Gasteiger partial charge in [-0.1, -0.05) is 6.58 Å². The number of aliphatic hydroxyl groups excluding tert-OH is 1. The molecule has 0 fully saturated rings. The van der Waals surface area contributed by atoms with Crippen LogP contribution >= 0.6 is 0 Å². The van der Waals surface area contributed by atoms with Crippen molar-refractivity contribution in [2.45, 2.75) is 39.2 Å². The number of hydrogen-bond acceptors (Lipinski definition) is 5. The minimum Gasteiger partial charge on any atom is -0.461 e. The smallest absolute Gasteiger partial charge is 0.337 e. The van der Waals surface area contributed by atoms with Crippen LogP contribution in [0.2, 0.25) is 0 Å². The van der Waals surface area contributed by atoms with Gasteiger partial charge in [-0.3, -0.25) is 4.79 Å². The van der Waals surface area contributed by atoms with Crippen LogP contribution in [0.25, 0.3) is 0 Å². The van der Waals surface area contributed by atoms with E-state index in [9.17, 15) is 9.59 Å². The van der Waals surface area contributed by atoms with Gasteiger partial charge in [0.25, 0.3) is 0 Å². The van der Waals surface area contributed by atoms with E-state index in [0.717, 1.165) is 0 Å². The lowest BCUT2D eigenvalue weighted by Gasteiger charge is -2.20. The van der Waals surface area contributed by atoms with Gasteiger partial charge in [-0.05, 0) is 27.2 Å². The number of rotatable bonds is 6. The summed E-state index contributed by atoms with van der Waals surface area (Å²) in [5.74, 6) is -1.05. The van der Waals surface area contributed by atoms with Gasteiger partial charge in [0, 0.05) is 13.0 Å². The Labute approximate surface area is 101 Å². The lowest BCUT2D eigenvalue weighted by molar-refractivity contribution is -0.151. The maximum Gasteiger partial charge on any atom is 0.337 e. The zero-order valence-electron chi connectivity index (χ0n) is 10.6. The first-order valence-electron chi connectivity index (χ1n) is 5.44. The Kier molecular flexibility index (Phi) is 6.50. The first kappa shape index (κ1) is 15.6. The number of carbonyl (C=O) groups excluding carboxylic acids is 2. The van der Waals surface area contributed by atoms with Crippen molar-refractivity contribution < 1.29 is 24.2 Å². The second kappa shape index (κ2) is 7.06. The van der Waals surface area contributed by atoms with Crippen molar-refractivity contribution in [3.63, 3.8) is 0 Å². The fourth-order valence-electron chi connectivity index (χ4n) is 0.872. The van der Waals surface area contributed by atoms with Crippen molar-refractivity contribution in [2.24, 2.45) is 0 Å². The zero-order valence-corrected chi connectivity index (χ0v) is 10.6. The standard InChI is InChI=1S/C12H20O5/c1-9(11(15)17-12(2,3)4)8-16-10(14)6-5-7-13/h13H,1,5-8H2,2-4H3. The van der Waals surface area contributed by atoms with Crippen LogP contribution in [-0.4, -0.2) is 35.9 Å². The SMILES string of the molecule is C=C(COC(=O)CCCO)C(=O)OC(C)(C)C. The maximum absolute atomic E-state index is 11.4. The molecule has 0 rings (SSSR count). The van der Waals surface area contributed by atoms with Gasteiger partial charge in [-0.25, -0.2) is 4.79 Å². The van der Waals surface area contributed by atoms with E-state index in [1.165, 1.54) is 0 Å². The molecule has 0 spiro atoms. The van der Waals surface area contributed by atoms with Crippen LogP contribution in [0.1, 0.15) is 33.6 Å². The van der Waals surface area contributed by atoms with E-state index in [-0.39, 0.29) is 25.2 Å². The lowest BCUT2D eigenvalue weighted by Crippen LogP contribution is -2.26. The molecule has 0 amide bonds. The van der Waals surface area contributed by atoms with E-state index in [0.29, 0.717) is 6.42 Å². The number of ether oxygens (including phenoxy) is 2. The fourth-order valence-corrected chi connectivity index (χ4v) is 0.872. The predicted octanol–water partition coefficient (Wildman–Crippen LogP) is 1.20. The van der Waals surface area contributed by atoms with Crippen LogP contribution < -0.4 is 0 Å². The van der Waals surface area contributed by atoms with Crippen molar-refractivity contribution >= 4 is 11.9 Å². The van der Waals surface area contributed by atoms with Gasteiger partial charge in [0.05, 0.1) is 5.57 Å². The molecule has 0 atom stereocenters. The molecule has 0 aliphatic rings. The van der Waals surface area contributed by atoms with Crippen LogP contribution in [0, 0.1) is 0 Å². The summed E-state index contributed by atoms with van der Waals surface area (Å²) >= 11 is 0. The third-order valence-electron chi connectivity index (χ3n) is 1.63. The summed E-state index contributed by atoms with van der Waals surface area (Å²) in [6.45, 7) is 8.47. The predicted molar refractivity (Wildman–Crippen MR) is 62.3 cm³/mol. The second-order valence-corrected chi connectivity index (χ2v) is 4.59. The summed E-state index contributed by atoms with van der Waals surface area (Å²) in [7, 11) is 0. The third-order valence-corrected chi connectivity index (χ3v) is 1.63. The highest BCUT2D eigenvalue weighted by Gasteiger charge is 2.19. The minimum absolute atomic E-state index is 0.0673. The topological polar surface area (TPSA) is 72.8 Å². The first-order chi connectivity index (χ1) is 7.76. The quantitative estimate of drug-likeness (QED) is 0.561. The third kappa shape index (κ3) is 8.45. The number of aliphatic hydroxyl groups is 1. The summed E-state index contributed by atoms with van der Waals surface area (Å²) in [6, 6.07) is 0. The molecule has 17 heavy (non-hydrogen) atoms. The molecular weight excluding hydrogens is 224 g/mol.